The minimum absolute atomic E-state index is 0.0447. The van der Waals surface area contributed by atoms with Gasteiger partial charge < -0.3 is 10.2 Å². The molecule has 0 saturated carbocycles. The van der Waals surface area contributed by atoms with Gasteiger partial charge in [-0.15, -0.1) is 0 Å². The minimum atomic E-state index is -0.796. The standard InChI is InChI=1S/C16H30N4O/c1-6-7-19-8-10-20(11-9-19)14(4)15(21)18-16(5,12-17)13(2)3/h13-14H,6-11H2,1-5H3,(H,18,21). The van der Waals surface area contributed by atoms with E-state index in [0.717, 1.165) is 32.7 Å². The number of hydrogen-bond donors (Lipinski definition) is 1. The molecule has 0 aromatic rings. The molecule has 1 heterocycles. The van der Waals surface area contributed by atoms with Crippen molar-refractivity contribution in [1.82, 2.24) is 15.1 Å². The quantitative estimate of drug-likeness (QED) is 0.805. The van der Waals surface area contributed by atoms with Crippen LogP contribution in [0.1, 0.15) is 41.0 Å². The van der Waals surface area contributed by atoms with E-state index in [0.29, 0.717) is 0 Å². The fourth-order valence-electron chi connectivity index (χ4n) is 2.52. The van der Waals surface area contributed by atoms with Crippen LogP contribution in [0.4, 0.5) is 0 Å². The van der Waals surface area contributed by atoms with E-state index < -0.39 is 5.54 Å². The Morgan fingerprint density at radius 1 is 1.29 bits per heavy atom. The SMILES string of the molecule is CCCN1CCN(C(C)C(=O)NC(C)(C#N)C(C)C)CC1. The van der Waals surface area contributed by atoms with E-state index in [1.165, 1.54) is 6.42 Å². The van der Waals surface area contributed by atoms with Crippen LogP contribution in [-0.2, 0) is 4.79 Å². The van der Waals surface area contributed by atoms with E-state index in [4.69, 9.17) is 0 Å². The smallest absolute Gasteiger partial charge is 0.238 e. The van der Waals surface area contributed by atoms with Crippen LogP contribution >= 0.6 is 0 Å². The van der Waals surface area contributed by atoms with E-state index in [2.05, 4.69) is 28.1 Å². The molecule has 0 aromatic carbocycles. The Morgan fingerprint density at radius 3 is 2.29 bits per heavy atom. The van der Waals surface area contributed by atoms with Gasteiger partial charge in [-0.3, -0.25) is 9.69 Å². The van der Waals surface area contributed by atoms with Crippen molar-refractivity contribution in [3.8, 4) is 6.07 Å². The van der Waals surface area contributed by atoms with Crippen molar-refractivity contribution in [2.75, 3.05) is 32.7 Å². The first-order valence-electron chi connectivity index (χ1n) is 8.03. The van der Waals surface area contributed by atoms with Crippen LogP contribution in [0, 0.1) is 17.2 Å². The van der Waals surface area contributed by atoms with Gasteiger partial charge in [0.05, 0.1) is 12.1 Å². The Bertz CT molecular complexity index is 382. The van der Waals surface area contributed by atoms with E-state index in [1.54, 1.807) is 6.92 Å². The van der Waals surface area contributed by atoms with Gasteiger partial charge >= 0.3 is 0 Å². The highest BCUT2D eigenvalue weighted by atomic mass is 16.2. The van der Waals surface area contributed by atoms with E-state index in [-0.39, 0.29) is 17.9 Å². The van der Waals surface area contributed by atoms with Gasteiger partial charge in [0.25, 0.3) is 0 Å². The van der Waals surface area contributed by atoms with Crippen molar-refractivity contribution in [2.45, 2.75) is 52.6 Å². The number of rotatable bonds is 6. The molecule has 2 unspecified atom stereocenters. The van der Waals surface area contributed by atoms with Gasteiger partial charge in [-0.1, -0.05) is 20.8 Å². The van der Waals surface area contributed by atoms with E-state index >= 15 is 0 Å². The molecule has 0 aliphatic carbocycles. The summed E-state index contributed by atoms with van der Waals surface area (Å²) in [5, 5.41) is 12.2. The molecule has 120 valence electrons. The predicted octanol–water partition coefficient (Wildman–Crippen LogP) is 1.46. The molecule has 0 bridgehead atoms. The van der Waals surface area contributed by atoms with Crippen LogP contribution in [0.15, 0.2) is 0 Å². The lowest BCUT2D eigenvalue weighted by Gasteiger charge is -2.38. The number of nitriles is 1. The maximum absolute atomic E-state index is 12.4. The minimum Gasteiger partial charge on any atom is -0.336 e. The van der Waals surface area contributed by atoms with Crippen LogP contribution in [0.3, 0.4) is 0 Å². The summed E-state index contributed by atoms with van der Waals surface area (Å²) in [4.78, 5) is 17.1. The molecule has 1 aliphatic heterocycles. The fourth-order valence-corrected chi connectivity index (χ4v) is 2.52. The Labute approximate surface area is 129 Å². The zero-order chi connectivity index (χ0) is 16.0. The third-order valence-electron chi connectivity index (χ3n) is 4.64. The number of hydrogen-bond acceptors (Lipinski definition) is 4. The highest BCUT2D eigenvalue weighted by molar-refractivity contribution is 5.82. The molecule has 1 amide bonds. The average Bonchev–Trinajstić information content (AvgIpc) is 2.47. The molecule has 5 nitrogen and oxygen atoms in total. The third kappa shape index (κ3) is 4.69. The molecule has 5 heteroatoms. The predicted molar refractivity (Wildman–Crippen MR) is 84.8 cm³/mol. The van der Waals surface area contributed by atoms with Crippen molar-refractivity contribution < 1.29 is 4.79 Å². The van der Waals surface area contributed by atoms with Crippen LogP contribution in [0.25, 0.3) is 0 Å². The first-order chi connectivity index (χ1) is 9.84. The zero-order valence-electron chi connectivity index (χ0n) is 14.1. The van der Waals surface area contributed by atoms with Crippen LogP contribution in [0.5, 0.6) is 0 Å². The van der Waals surface area contributed by atoms with Gasteiger partial charge in [0.2, 0.25) is 5.91 Å². The van der Waals surface area contributed by atoms with Crippen LogP contribution in [-0.4, -0.2) is 60.0 Å². The molecule has 0 radical (unpaired) electrons. The summed E-state index contributed by atoms with van der Waals surface area (Å²) in [6, 6.07) is 2.05. The monoisotopic (exact) mass is 294 g/mol. The number of carbonyl (C=O) groups excluding carboxylic acids is 1. The first kappa shape index (κ1) is 17.9. The third-order valence-corrected chi connectivity index (χ3v) is 4.64. The second kappa shape index (κ2) is 7.77. The van der Waals surface area contributed by atoms with Gasteiger partial charge in [0.1, 0.15) is 5.54 Å². The summed E-state index contributed by atoms with van der Waals surface area (Å²) in [5.41, 5.74) is -0.796. The summed E-state index contributed by atoms with van der Waals surface area (Å²) < 4.78 is 0. The normalized spacial score (nSPS) is 21.6. The van der Waals surface area contributed by atoms with Crippen LogP contribution < -0.4 is 5.32 Å². The lowest BCUT2D eigenvalue weighted by molar-refractivity contribution is -0.128. The second-order valence-electron chi connectivity index (χ2n) is 6.51. The molecule has 1 aliphatic rings. The number of carbonyl (C=O) groups is 1. The fraction of sp³-hybridized carbons (Fsp3) is 0.875. The van der Waals surface area contributed by atoms with Gasteiger partial charge in [-0.2, -0.15) is 5.26 Å². The first-order valence-corrected chi connectivity index (χ1v) is 8.03. The Morgan fingerprint density at radius 2 is 1.86 bits per heavy atom. The van der Waals surface area contributed by atoms with Crippen molar-refractivity contribution >= 4 is 5.91 Å². The van der Waals surface area contributed by atoms with Gasteiger partial charge in [-0.05, 0) is 32.7 Å². The number of nitrogens with one attached hydrogen (secondary N) is 1. The molecule has 1 fully saturated rings. The molecular formula is C16H30N4O. The summed E-state index contributed by atoms with van der Waals surface area (Å²) in [7, 11) is 0. The van der Waals surface area contributed by atoms with Crippen molar-refractivity contribution in [1.29, 1.82) is 5.26 Å². The zero-order valence-corrected chi connectivity index (χ0v) is 14.1. The molecule has 1 rings (SSSR count). The largest absolute Gasteiger partial charge is 0.336 e. The topological polar surface area (TPSA) is 59.4 Å². The summed E-state index contributed by atoms with van der Waals surface area (Å²) in [6.07, 6.45) is 1.17. The van der Waals surface area contributed by atoms with Crippen LogP contribution in [0.2, 0.25) is 0 Å². The van der Waals surface area contributed by atoms with Crippen molar-refractivity contribution in [3.05, 3.63) is 0 Å². The Kier molecular flexibility index (Phi) is 6.63. The number of amides is 1. The Balaban J connectivity index is 2.54. The second-order valence-corrected chi connectivity index (χ2v) is 6.51. The van der Waals surface area contributed by atoms with Crippen molar-refractivity contribution in [3.63, 3.8) is 0 Å². The highest BCUT2D eigenvalue weighted by Crippen LogP contribution is 2.16. The molecular weight excluding hydrogens is 264 g/mol. The van der Waals surface area contributed by atoms with Crippen molar-refractivity contribution in [2.24, 2.45) is 5.92 Å². The van der Waals surface area contributed by atoms with E-state index in [1.807, 2.05) is 20.8 Å². The lowest BCUT2D eigenvalue weighted by atomic mass is 9.89. The molecule has 2 atom stereocenters. The summed E-state index contributed by atoms with van der Waals surface area (Å²) in [6.45, 7) is 14.8. The molecule has 0 aromatic heterocycles. The van der Waals surface area contributed by atoms with Gasteiger partial charge in [0, 0.05) is 26.2 Å². The van der Waals surface area contributed by atoms with Gasteiger partial charge in [-0.25, -0.2) is 0 Å². The average molecular weight is 294 g/mol. The number of nitrogens with zero attached hydrogens (tertiary/aromatic N) is 3. The molecule has 0 spiro atoms. The molecule has 1 saturated heterocycles. The highest BCUT2D eigenvalue weighted by Gasteiger charge is 2.33. The lowest BCUT2D eigenvalue weighted by Crippen LogP contribution is -2.58. The summed E-state index contributed by atoms with van der Waals surface area (Å²) in [5.74, 6) is 0.0387. The maximum Gasteiger partial charge on any atom is 0.238 e. The number of piperazine rings is 1. The summed E-state index contributed by atoms with van der Waals surface area (Å²) >= 11 is 0. The maximum atomic E-state index is 12.4. The Hall–Kier alpha value is -1.12. The molecule has 21 heavy (non-hydrogen) atoms. The van der Waals surface area contributed by atoms with Gasteiger partial charge in [0.15, 0.2) is 0 Å². The van der Waals surface area contributed by atoms with E-state index in [9.17, 15) is 10.1 Å². The molecule has 1 N–H and O–H groups in total.